The number of hydrogen-bond acceptors (Lipinski definition) is 1. The molecule has 0 aromatic heterocycles. The fourth-order valence-electron chi connectivity index (χ4n) is 1.32. The highest BCUT2D eigenvalue weighted by molar-refractivity contribution is 6.73. The highest BCUT2D eigenvalue weighted by Gasteiger charge is 2.27. The molecule has 0 N–H and O–H groups in total. The SMILES string of the molecule is [CH2]CC[Si](CC)(CC)OC. The number of hydrogen-bond donors (Lipinski definition) is 0. The van der Waals surface area contributed by atoms with E-state index in [-0.39, 0.29) is 0 Å². The summed E-state index contributed by atoms with van der Waals surface area (Å²) >= 11 is 0. The second-order valence-electron chi connectivity index (χ2n) is 2.70. The minimum absolute atomic E-state index is 1.03. The van der Waals surface area contributed by atoms with Crippen molar-refractivity contribution in [3.8, 4) is 0 Å². The Morgan fingerprint density at radius 3 is 1.90 bits per heavy atom. The maximum atomic E-state index is 5.58. The van der Waals surface area contributed by atoms with Crippen LogP contribution in [0.25, 0.3) is 0 Å². The molecule has 2 heteroatoms. The lowest BCUT2D eigenvalue weighted by molar-refractivity contribution is 0.391. The van der Waals surface area contributed by atoms with E-state index < -0.39 is 8.32 Å². The van der Waals surface area contributed by atoms with Crippen LogP contribution in [0.3, 0.4) is 0 Å². The molecule has 0 saturated carbocycles. The van der Waals surface area contributed by atoms with Gasteiger partial charge in [-0.3, -0.25) is 0 Å². The van der Waals surface area contributed by atoms with Gasteiger partial charge < -0.3 is 4.43 Å². The first-order valence-electron chi connectivity index (χ1n) is 4.09. The first kappa shape index (κ1) is 10.2. The molecule has 1 nitrogen and oxygen atoms in total. The topological polar surface area (TPSA) is 9.23 Å². The molecule has 0 rings (SSSR count). The summed E-state index contributed by atoms with van der Waals surface area (Å²) in [5.74, 6) is 0. The van der Waals surface area contributed by atoms with Crippen LogP contribution in [-0.2, 0) is 4.43 Å². The lowest BCUT2D eigenvalue weighted by Crippen LogP contribution is -2.34. The van der Waals surface area contributed by atoms with Gasteiger partial charge in [0.05, 0.1) is 0 Å². The average molecular weight is 159 g/mol. The lowest BCUT2D eigenvalue weighted by atomic mass is 10.6. The molecule has 0 aliphatic heterocycles. The summed E-state index contributed by atoms with van der Waals surface area (Å²) in [5.41, 5.74) is 0. The van der Waals surface area contributed by atoms with E-state index in [1.807, 2.05) is 7.11 Å². The molecule has 10 heavy (non-hydrogen) atoms. The van der Waals surface area contributed by atoms with Gasteiger partial charge in [0.2, 0.25) is 0 Å². The summed E-state index contributed by atoms with van der Waals surface area (Å²) in [5, 5.41) is 0. The molecule has 0 saturated heterocycles. The van der Waals surface area contributed by atoms with Crippen LogP contribution < -0.4 is 0 Å². The van der Waals surface area contributed by atoms with Crippen molar-refractivity contribution in [3.63, 3.8) is 0 Å². The van der Waals surface area contributed by atoms with Gasteiger partial charge >= 0.3 is 0 Å². The van der Waals surface area contributed by atoms with Crippen LogP contribution in [0, 0.1) is 6.92 Å². The van der Waals surface area contributed by atoms with Gasteiger partial charge in [-0.1, -0.05) is 27.2 Å². The van der Waals surface area contributed by atoms with Crippen LogP contribution in [0.2, 0.25) is 18.1 Å². The van der Waals surface area contributed by atoms with E-state index in [1.165, 1.54) is 18.1 Å². The second-order valence-corrected chi connectivity index (χ2v) is 7.39. The Bertz CT molecular complexity index is 71.1. The fourth-order valence-corrected chi connectivity index (χ4v) is 3.95. The van der Waals surface area contributed by atoms with Crippen LogP contribution in [-0.4, -0.2) is 15.4 Å². The highest BCUT2D eigenvalue weighted by atomic mass is 28.4. The molecule has 0 bridgehead atoms. The van der Waals surface area contributed by atoms with Gasteiger partial charge in [0, 0.05) is 7.11 Å². The second kappa shape index (κ2) is 4.91. The molecule has 0 fully saturated rings. The van der Waals surface area contributed by atoms with Crippen LogP contribution in [0.1, 0.15) is 20.3 Å². The van der Waals surface area contributed by atoms with Crippen LogP contribution >= 0.6 is 0 Å². The van der Waals surface area contributed by atoms with Crippen molar-refractivity contribution in [2.75, 3.05) is 7.11 Å². The van der Waals surface area contributed by atoms with Gasteiger partial charge in [-0.25, -0.2) is 0 Å². The molecular formula is C8H19OSi. The summed E-state index contributed by atoms with van der Waals surface area (Å²) in [6, 6.07) is 3.68. The van der Waals surface area contributed by atoms with E-state index in [1.54, 1.807) is 0 Å². The van der Waals surface area contributed by atoms with Gasteiger partial charge in [0.25, 0.3) is 0 Å². The molecule has 0 spiro atoms. The molecule has 0 atom stereocenters. The van der Waals surface area contributed by atoms with Gasteiger partial charge in [0.1, 0.15) is 0 Å². The van der Waals surface area contributed by atoms with Crippen molar-refractivity contribution in [1.82, 2.24) is 0 Å². The normalized spacial score (nSPS) is 12.0. The molecule has 0 aromatic rings. The van der Waals surface area contributed by atoms with E-state index >= 15 is 0 Å². The summed E-state index contributed by atoms with van der Waals surface area (Å²) in [7, 11) is 0.576. The average Bonchev–Trinajstić information content (AvgIpc) is 2.01. The predicted molar refractivity (Wildman–Crippen MR) is 48.5 cm³/mol. The van der Waals surface area contributed by atoms with E-state index in [2.05, 4.69) is 20.8 Å². The monoisotopic (exact) mass is 159 g/mol. The largest absolute Gasteiger partial charge is 0.420 e. The van der Waals surface area contributed by atoms with Crippen LogP contribution in [0.5, 0.6) is 0 Å². The standard InChI is InChI=1S/C8H19OSi/c1-5-8-10(6-2,7-3)9-4/h1,5-8H2,2-4H3. The lowest BCUT2D eigenvalue weighted by Gasteiger charge is -2.26. The Kier molecular flexibility index (Phi) is 5.00. The summed E-state index contributed by atoms with van der Waals surface area (Å²) in [6.07, 6.45) is 1.03. The van der Waals surface area contributed by atoms with Gasteiger partial charge in [-0.05, 0) is 18.1 Å². The maximum absolute atomic E-state index is 5.58. The van der Waals surface area contributed by atoms with Gasteiger partial charge in [-0.2, -0.15) is 0 Å². The Labute approximate surface area is 65.9 Å². The molecule has 1 radical (unpaired) electrons. The third-order valence-electron chi connectivity index (χ3n) is 2.35. The minimum Gasteiger partial charge on any atom is -0.420 e. The van der Waals surface area contributed by atoms with Gasteiger partial charge in [-0.15, -0.1) is 0 Å². The van der Waals surface area contributed by atoms with Crippen LogP contribution in [0.4, 0.5) is 0 Å². The molecule has 0 heterocycles. The first-order chi connectivity index (χ1) is 4.74. The molecule has 61 valence electrons. The van der Waals surface area contributed by atoms with E-state index in [9.17, 15) is 0 Å². The third-order valence-corrected chi connectivity index (χ3v) is 7.06. The predicted octanol–water partition coefficient (Wildman–Crippen LogP) is 2.84. The van der Waals surface area contributed by atoms with E-state index in [0.717, 1.165) is 6.42 Å². The summed E-state index contributed by atoms with van der Waals surface area (Å²) < 4.78 is 5.58. The minimum atomic E-state index is -1.28. The van der Waals surface area contributed by atoms with Crippen molar-refractivity contribution in [3.05, 3.63) is 6.92 Å². The van der Waals surface area contributed by atoms with Crippen molar-refractivity contribution in [1.29, 1.82) is 0 Å². The van der Waals surface area contributed by atoms with Crippen molar-refractivity contribution < 1.29 is 4.43 Å². The molecule has 0 aliphatic rings. The zero-order valence-electron chi connectivity index (χ0n) is 7.44. The summed E-state index contributed by atoms with van der Waals surface area (Å²) in [6.45, 7) is 8.33. The first-order valence-corrected chi connectivity index (χ1v) is 6.62. The zero-order valence-corrected chi connectivity index (χ0v) is 8.44. The quantitative estimate of drug-likeness (QED) is 0.560. The van der Waals surface area contributed by atoms with Crippen molar-refractivity contribution in [2.45, 2.75) is 38.4 Å². The third kappa shape index (κ3) is 2.43. The van der Waals surface area contributed by atoms with Crippen molar-refractivity contribution >= 4 is 8.32 Å². The molecule has 0 unspecified atom stereocenters. The smallest absolute Gasteiger partial charge is 0.191 e. The van der Waals surface area contributed by atoms with Gasteiger partial charge in [0.15, 0.2) is 8.32 Å². The van der Waals surface area contributed by atoms with Crippen molar-refractivity contribution in [2.24, 2.45) is 0 Å². The Hall–Kier alpha value is 0.177. The highest BCUT2D eigenvalue weighted by Crippen LogP contribution is 2.21. The molecule has 0 aromatic carbocycles. The fraction of sp³-hybridized carbons (Fsp3) is 0.875. The number of rotatable bonds is 5. The molecule has 0 amide bonds. The zero-order chi connectivity index (χ0) is 8.04. The summed E-state index contributed by atoms with van der Waals surface area (Å²) in [4.78, 5) is 0. The molecule has 0 aliphatic carbocycles. The Morgan fingerprint density at radius 2 is 1.80 bits per heavy atom. The Morgan fingerprint density at radius 1 is 1.30 bits per heavy atom. The van der Waals surface area contributed by atoms with E-state index in [4.69, 9.17) is 4.43 Å². The maximum Gasteiger partial charge on any atom is 0.191 e. The van der Waals surface area contributed by atoms with Crippen LogP contribution in [0.15, 0.2) is 0 Å². The Balaban J connectivity index is 3.87. The van der Waals surface area contributed by atoms with E-state index in [0.29, 0.717) is 0 Å². The molecular weight excluding hydrogens is 140 g/mol.